The van der Waals surface area contributed by atoms with Crippen LogP contribution in [0.25, 0.3) is 10.8 Å². The predicted molar refractivity (Wildman–Crippen MR) is 67.0 cm³/mol. The van der Waals surface area contributed by atoms with Crippen molar-refractivity contribution >= 4 is 16.7 Å². The van der Waals surface area contributed by atoms with Crippen molar-refractivity contribution in [1.82, 2.24) is 4.57 Å². The molecule has 0 amide bonds. The third kappa shape index (κ3) is 1.89. The summed E-state index contributed by atoms with van der Waals surface area (Å²) in [6.45, 7) is 1.57. The highest BCUT2D eigenvalue weighted by Gasteiger charge is 2.13. The normalized spacial score (nSPS) is 12.6. The Kier molecular flexibility index (Phi) is 3.16. The van der Waals surface area contributed by atoms with Gasteiger partial charge in [0.05, 0.1) is 18.2 Å². The Morgan fingerprint density at radius 1 is 1.33 bits per heavy atom. The molecule has 1 heterocycles. The fraction of sp³-hybridized carbons (Fsp3) is 0.231. The summed E-state index contributed by atoms with van der Waals surface area (Å²) < 4.78 is 1.40. The average molecular weight is 247 g/mol. The van der Waals surface area contributed by atoms with Gasteiger partial charge in [-0.25, -0.2) is 4.79 Å². The van der Waals surface area contributed by atoms with Crippen LogP contribution < -0.4 is 5.56 Å². The molecule has 1 aromatic carbocycles. The smallest absolute Gasteiger partial charge is 0.336 e. The molecule has 2 N–H and O–H groups in total. The van der Waals surface area contributed by atoms with E-state index in [4.69, 9.17) is 10.2 Å². The first-order chi connectivity index (χ1) is 8.56. The summed E-state index contributed by atoms with van der Waals surface area (Å²) in [5.74, 6) is -1.06. The summed E-state index contributed by atoms with van der Waals surface area (Å²) in [6.07, 6.45) is 1.51. The van der Waals surface area contributed by atoms with Gasteiger partial charge in [-0.2, -0.15) is 0 Å². The highest BCUT2D eigenvalue weighted by molar-refractivity contribution is 6.03. The molecule has 0 unspecified atom stereocenters. The zero-order chi connectivity index (χ0) is 13.3. The lowest BCUT2D eigenvalue weighted by atomic mass is 10.1. The van der Waals surface area contributed by atoms with Crippen LogP contribution in [0.4, 0.5) is 0 Å². The number of aromatic nitrogens is 1. The number of carboxylic acids is 1. The van der Waals surface area contributed by atoms with Crippen molar-refractivity contribution in [3.05, 3.63) is 46.4 Å². The molecule has 0 aliphatic heterocycles. The standard InChI is InChI=1S/C13H13NO4/c1-8(7-15)14-6-5-9-10(12(14)16)3-2-4-11(9)13(17)18/h2-6,8,15H,7H2,1H3,(H,17,18)/t8-/m1/s1. The van der Waals surface area contributed by atoms with Crippen LogP contribution in [-0.4, -0.2) is 27.4 Å². The van der Waals surface area contributed by atoms with Gasteiger partial charge in [-0.05, 0) is 25.1 Å². The number of fused-ring (bicyclic) bond motifs is 1. The van der Waals surface area contributed by atoms with Gasteiger partial charge < -0.3 is 14.8 Å². The Bertz CT molecular complexity index is 660. The number of carboxylic acid groups (broad SMARTS) is 1. The van der Waals surface area contributed by atoms with E-state index in [0.717, 1.165) is 0 Å². The van der Waals surface area contributed by atoms with Gasteiger partial charge in [-0.15, -0.1) is 0 Å². The summed E-state index contributed by atoms with van der Waals surface area (Å²) >= 11 is 0. The van der Waals surface area contributed by atoms with Crippen molar-refractivity contribution in [2.75, 3.05) is 6.61 Å². The van der Waals surface area contributed by atoms with Crippen LogP contribution in [0.5, 0.6) is 0 Å². The molecular weight excluding hydrogens is 234 g/mol. The number of carbonyl (C=O) groups is 1. The first kappa shape index (κ1) is 12.3. The van der Waals surface area contributed by atoms with Crippen molar-refractivity contribution in [3.63, 3.8) is 0 Å². The van der Waals surface area contributed by atoms with Crippen molar-refractivity contribution in [3.8, 4) is 0 Å². The fourth-order valence-electron chi connectivity index (χ4n) is 1.91. The van der Waals surface area contributed by atoms with Crippen LogP contribution in [0.2, 0.25) is 0 Å². The number of pyridine rings is 1. The van der Waals surface area contributed by atoms with Gasteiger partial charge in [0, 0.05) is 17.0 Å². The van der Waals surface area contributed by atoms with Gasteiger partial charge in [0.1, 0.15) is 0 Å². The van der Waals surface area contributed by atoms with Crippen LogP contribution in [0.3, 0.4) is 0 Å². The quantitative estimate of drug-likeness (QED) is 0.855. The zero-order valence-electron chi connectivity index (χ0n) is 9.83. The number of aliphatic hydroxyl groups is 1. The van der Waals surface area contributed by atoms with E-state index in [9.17, 15) is 9.59 Å². The zero-order valence-corrected chi connectivity index (χ0v) is 9.83. The summed E-state index contributed by atoms with van der Waals surface area (Å²) in [5, 5.41) is 18.9. The lowest BCUT2D eigenvalue weighted by Gasteiger charge is -2.13. The molecule has 0 spiro atoms. The summed E-state index contributed by atoms with van der Waals surface area (Å²) in [6, 6.07) is 5.85. The monoisotopic (exact) mass is 247 g/mol. The van der Waals surface area contributed by atoms with E-state index >= 15 is 0 Å². The second-order valence-electron chi connectivity index (χ2n) is 4.13. The molecule has 0 aliphatic carbocycles. The number of nitrogens with zero attached hydrogens (tertiary/aromatic N) is 1. The maximum atomic E-state index is 12.2. The molecule has 2 rings (SSSR count). The van der Waals surface area contributed by atoms with E-state index in [1.807, 2.05) is 0 Å². The van der Waals surface area contributed by atoms with Crippen LogP contribution in [-0.2, 0) is 0 Å². The predicted octanol–water partition coefficient (Wildman–Crippen LogP) is 1.25. The first-order valence-electron chi connectivity index (χ1n) is 5.54. The van der Waals surface area contributed by atoms with Gasteiger partial charge in [0.2, 0.25) is 0 Å². The number of rotatable bonds is 3. The maximum Gasteiger partial charge on any atom is 0.336 e. The van der Waals surface area contributed by atoms with E-state index in [-0.39, 0.29) is 23.8 Å². The number of hydrogen-bond donors (Lipinski definition) is 2. The molecule has 5 nitrogen and oxygen atoms in total. The van der Waals surface area contributed by atoms with E-state index in [2.05, 4.69) is 0 Å². The Balaban J connectivity index is 2.78. The lowest BCUT2D eigenvalue weighted by Crippen LogP contribution is -2.25. The second-order valence-corrected chi connectivity index (χ2v) is 4.13. The van der Waals surface area contributed by atoms with Crippen molar-refractivity contribution in [1.29, 1.82) is 0 Å². The number of benzene rings is 1. The Labute approximate surface area is 103 Å². The molecule has 18 heavy (non-hydrogen) atoms. The van der Waals surface area contributed by atoms with Crippen LogP contribution >= 0.6 is 0 Å². The molecule has 0 bridgehead atoms. The number of aromatic carboxylic acids is 1. The largest absolute Gasteiger partial charge is 0.478 e. The number of hydrogen-bond acceptors (Lipinski definition) is 3. The SMILES string of the molecule is C[C@H](CO)n1ccc2c(C(=O)O)cccc2c1=O. The third-order valence-corrected chi connectivity index (χ3v) is 2.94. The van der Waals surface area contributed by atoms with Crippen LogP contribution in [0.15, 0.2) is 35.3 Å². The molecule has 0 saturated heterocycles. The number of aliphatic hydroxyl groups excluding tert-OH is 1. The topological polar surface area (TPSA) is 79.5 Å². The summed E-state index contributed by atoms with van der Waals surface area (Å²) in [5.41, 5.74) is -0.189. The van der Waals surface area contributed by atoms with Crippen molar-refractivity contribution in [2.24, 2.45) is 0 Å². The molecule has 1 aromatic heterocycles. The minimum absolute atomic E-state index is 0.105. The van der Waals surface area contributed by atoms with Gasteiger partial charge in [-0.1, -0.05) is 6.07 Å². The highest BCUT2D eigenvalue weighted by Crippen LogP contribution is 2.16. The highest BCUT2D eigenvalue weighted by atomic mass is 16.4. The van der Waals surface area contributed by atoms with Gasteiger partial charge >= 0.3 is 5.97 Å². The van der Waals surface area contributed by atoms with Crippen LogP contribution in [0, 0.1) is 0 Å². The molecule has 5 heteroatoms. The van der Waals surface area contributed by atoms with Crippen LogP contribution in [0.1, 0.15) is 23.3 Å². The minimum atomic E-state index is -1.06. The Hall–Kier alpha value is -2.14. The molecule has 0 saturated carbocycles. The molecule has 1 atom stereocenters. The Morgan fingerprint density at radius 3 is 2.67 bits per heavy atom. The first-order valence-corrected chi connectivity index (χ1v) is 5.54. The van der Waals surface area contributed by atoms with Crippen molar-refractivity contribution in [2.45, 2.75) is 13.0 Å². The summed E-state index contributed by atoms with van der Waals surface area (Å²) in [7, 11) is 0. The second kappa shape index (κ2) is 4.62. The molecule has 0 aliphatic rings. The van der Waals surface area contributed by atoms with E-state index < -0.39 is 5.97 Å². The van der Waals surface area contributed by atoms with E-state index in [1.165, 1.54) is 16.8 Å². The van der Waals surface area contributed by atoms with Gasteiger partial charge in [-0.3, -0.25) is 4.79 Å². The van der Waals surface area contributed by atoms with E-state index in [1.54, 1.807) is 25.1 Å². The molecule has 0 fully saturated rings. The van der Waals surface area contributed by atoms with Gasteiger partial charge in [0.25, 0.3) is 5.56 Å². The average Bonchev–Trinajstić information content (AvgIpc) is 2.37. The third-order valence-electron chi connectivity index (χ3n) is 2.94. The lowest BCUT2D eigenvalue weighted by molar-refractivity contribution is 0.0699. The molecule has 0 radical (unpaired) electrons. The molecule has 2 aromatic rings. The summed E-state index contributed by atoms with van der Waals surface area (Å²) in [4.78, 5) is 23.2. The Morgan fingerprint density at radius 2 is 2.06 bits per heavy atom. The minimum Gasteiger partial charge on any atom is -0.478 e. The maximum absolute atomic E-state index is 12.2. The fourth-order valence-corrected chi connectivity index (χ4v) is 1.91. The molecular formula is C13H13NO4. The molecule has 94 valence electrons. The van der Waals surface area contributed by atoms with E-state index in [0.29, 0.717) is 10.8 Å². The van der Waals surface area contributed by atoms with Crippen molar-refractivity contribution < 1.29 is 15.0 Å². The van der Waals surface area contributed by atoms with Gasteiger partial charge in [0.15, 0.2) is 0 Å².